The lowest BCUT2D eigenvalue weighted by atomic mass is 10.1. The molecule has 86 valence electrons. The minimum atomic E-state index is 0.0307. The predicted molar refractivity (Wildman–Crippen MR) is 57.6 cm³/mol. The highest BCUT2D eigenvalue weighted by atomic mass is 16.5. The van der Waals surface area contributed by atoms with Crippen LogP contribution in [0, 0.1) is 0 Å². The summed E-state index contributed by atoms with van der Waals surface area (Å²) in [6, 6.07) is 0.257. The monoisotopic (exact) mass is 212 g/mol. The van der Waals surface area contributed by atoms with Gasteiger partial charge >= 0.3 is 0 Å². The van der Waals surface area contributed by atoms with Crippen molar-refractivity contribution in [3.8, 4) is 0 Å². The van der Waals surface area contributed by atoms with Gasteiger partial charge in [-0.3, -0.25) is 4.79 Å². The van der Waals surface area contributed by atoms with E-state index in [1.807, 2.05) is 0 Å². The highest BCUT2D eigenvalue weighted by Crippen LogP contribution is 2.21. The second-order valence-electron chi connectivity index (χ2n) is 4.47. The minimum Gasteiger partial charge on any atom is -0.379 e. The van der Waals surface area contributed by atoms with Gasteiger partial charge in [0.2, 0.25) is 5.91 Å². The number of nitrogens with one attached hydrogen (secondary N) is 2. The largest absolute Gasteiger partial charge is 0.379 e. The average Bonchev–Trinajstić information content (AvgIpc) is 2.87. The summed E-state index contributed by atoms with van der Waals surface area (Å²) in [5.74, 6) is 0.154. The molecule has 2 N–H and O–H groups in total. The topological polar surface area (TPSA) is 50.4 Å². The SMILES string of the molecule is COC1CCCC1NC(=O)[C@H]1CCCN1. The molecule has 0 aromatic heterocycles. The molecule has 0 aromatic rings. The molecule has 2 rings (SSSR count). The summed E-state index contributed by atoms with van der Waals surface area (Å²) in [7, 11) is 1.73. The normalized spacial score (nSPS) is 35.7. The van der Waals surface area contributed by atoms with Crippen molar-refractivity contribution < 1.29 is 9.53 Å². The van der Waals surface area contributed by atoms with Gasteiger partial charge in [0.05, 0.1) is 18.2 Å². The summed E-state index contributed by atoms with van der Waals surface area (Å²) >= 11 is 0. The number of rotatable bonds is 3. The lowest BCUT2D eigenvalue weighted by Crippen LogP contribution is -2.48. The third-order valence-corrected chi connectivity index (χ3v) is 3.46. The molecule has 1 aliphatic heterocycles. The number of carbonyl (C=O) groups is 1. The Morgan fingerprint density at radius 2 is 2.20 bits per heavy atom. The maximum atomic E-state index is 11.8. The second kappa shape index (κ2) is 4.94. The van der Waals surface area contributed by atoms with E-state index in [0.717, 1.165) is 38.6 Å². The summed E-state index contributed by atoms with van der Waals surface area (Å²) in [6.07, 6.45) is 5.57. The Morgan fingerprint density at radius 3 is 2.87 bits per heavy atom. The molecule has 0 aromatic carbocycles. The van der Waals surface area contributed by atoms with Crippen LogP contribution in [-0.2, 0) is 9.53 Å². The van der Waals surface area contributed by atoms with Crippen molar-refractivity contribution >= 4 is 5.91 Å². The number of hydrogen-bond acceptors (Lipinski definition) is 3. The molecule has 0 bridgehead atoms. The van der Waals surface area contributed by atoms with Gasteiger partial charge in [0, 0.05) is 7.11 Å². The van der Waals surface area contributed by atoms with Gasteiger partial charge in [-0.05, 0) is 38.6 Å². The molecule has 15 heavy (non-hydrogen) atoms. The first kappa shape index (κ1) is 10.9. The van der Waals surface area contributed by atoms with Gasteiger partial charge in [0.15, 0.2) is 0 Å². The maximum absolute atomic E-state index is 11.8. The molecule has 0 spiro atoms. The Morgan fingerprint density at radius 1 is 1.33 bits per heavy atom. The molecule has 1 saturated carbocycles. The molecule has 2 unspecified atom stereocenters. The van der Waals surface area contributed by atoms with E-state index in [2.05, 4.69) is 10.6 Å². The standard InChI is InChI=1S/C11H20N2O2/c1-15-10-6-2-4-8(10)13-11(14)9-5-3-7-12-9/h8-10,12H,2-7H2,1H3,(H,13,14)/t8?,9-,10?/m1/s1. The molecular formula is C11H20N2O2. The number of amides is 1. The van der Waals surface area contributed by atoms with Crippen LogP contribution in [-0.4, -0.2) is 37.7 Å². The molecule has 4 heteroatoms. The van der Waals surface area contributed by atoms with Crippen molar-refractivity contribution in [2.45, 2.75) is 50.3 Å². The first-order valence-electron chi connectivity index (χ1n) is 5.88. The summed E-state index contributed by atoms with van der Waals surface area (Å²) in [5, 5.41) is 6.31. The van der Waals surface area contributed by atoms with Crippen LogP contribution in [0.25, 0.3) is 0 Å². The highest BCUT2D eigenvalue weighted by Gasteiger charge is 2.31. The fourth-order valence-electron chi connectivity index (χ4n) is 2.56. The molecule has 2 aliphatic rings. The quantitative estimate of drug-likeness (QED) is 0.713. The van der Waals surface area contributed by atoms with Crippen molar-refractivity contribution in [3.63, 3.8) is 0 Å². The number of methoxy groups -OCH3 is 1. The van der Waals surface area contributed by atoms with Gasteiger partial charge in [-0.1, -0.05) is 0 Å². The minimum absolute atomic E-state index is 0.0307. The Bertz CT molecular complexity index is 227. The van der Waals surface area contributed by atoms with Crippen LogP contribution < -0.4 is 10.6 Å². The van der Waals surface area contributed by atoms with Crippen LogP contribution >= 0.6 is 0 Å². The summed E-state index contributed by atoms with van der Waals surface area (Å²) < 4.78 is 5.35. The third kappa shape index (κ3) is 2.49. The Hall–Kier alpha value is -0.610. The first-order valence-corrected chi connectivity index (χ1v) is 5.88. The fourth-order valence-corrected chi connectivity index (χ4v) is 2.56. The van der Waals surface area contributed by atoms with Crippen LogP contribution in [0.1, 0.15) is 32.1 Å². The molecule has 1 amide bonds. The summed E-state index contributed by atoms with van der Waals surface area (Å²) in [4.78, 5) is 11.8. The molecule has 1 saturated heterocycles. The van der Waals surface area contributed by atoms with Crippen molar-refractivity contribution in [3.05, 3.63) is 0 Å². The fraction of sp³-hybridized carbons (Fsp3) is 0.909. The predicted octanol–water partition coefficient (Wildman–Crippen LogP) is 0.422. The van der Waals surface area contributed by atoms with Crippen molar-refractivity contribution in [2.75, 3.05) is 13.7 Å². The molecule has 1 heterocycles. The van der Waals surface area contributed by atoms with E-state index in [-0.39, 0.29) is 24.1 Å². The first-order chi connectivity index (χ1) is 7.31. The maximum Gasteiger partial charge on any atom is 0.237 e. The molecule has 0 radical (unpaired) electrons. The van der Waals surface area contributed by atoms with Crippen molar-refractivity contribution in [1.29, 1.82) is 0 Å². The highest BCUT2D eigenvalue weighted by molar-refractivity contribution is 5.82. The number of carbonyl (C=O) groups excluding carboxylic acids is 1. The Balaban J connectivity index is 1.82. The van der Waals surface area contributed by atoms with Crippen molar-refractivity contribution in [1.82, 2.24) is 10.6 Å². The lowest BCUT2D eigenvalue weighted by Gasteiger charge is -2.21. The summed E-state index contributed by atoms with van der Waals surface area (Å²) in [5.41, 5.74) is 0. The van der Waals surface area contributed by atoms with Gasteiger partial charge in [0.25, 0.3) is 0 Å². The van der Waals surface area contributed by atoms with E-state index >= 15 is 0 Å². The van der Waals surface area contributed by atoms with Crippen LogP contribution in [0.4, 0.5) is 0 Å². The van der Waals surface area contributed by atoms with Gasteiger partial charge in [0.1, 0.15) is 0 Å². The van der Waals surface area contributed by atoms with Crippen LogP contribution in [0.15, 0.2) is 0 Å². The molecular weight excluding hydrogens is 192 g/mol. The smallest absolute Gasteiger partial charge is 0.237 e. The molecule has 1 aliphatic carbocycles. The van der Waals surface area contributed by atoms with Gasteiger partial charge < -0.3 is 15.4 Å². The van der Waals surface area contributed by atoms with Crippen LogP contribution in [0.5, 0.6) is 0 Å². The van der Waals surface area contributed by atoms with E-state index in [1.54, 1.807) is 7.11 Å². The summed E-state index contributed by atoms with van der Waals surface area (Å²) in [6.45, 7) is 0.969. The van der Waals surface area contributed by atoms with E-state index in [1.165, 1.54) is 0 Å². The van der Waals surface area contributed by atoms with E-state index in [4.69, 9.17) is 4.74 Å². The number of ether oxygens (including phenoxy) is 1. The van der Waals surface area contributed by atoms with Gasteiger partial charge in [-0.25, -0.2) is 0 Å². The second-order valence-corrected chi connectivity index (χ2v) is 4.47. The average molecular weight is 212 g/mol. The lowest BCUT2D eigenvalue weighted by molar-refractivity contribution is -0.124. The van der Waals surface area contributed by atoms with E-state index < -0.39 is 0 Å². The number of hydrogen-bond donors (Lipinski definition) is 2. The Labute approximate surface area is 90.8 Å². The molecule has 4 nitrogen and oxygen atoms in total. The zero-order chi connectivity index (χ0) is 10.7. The van der Waals surface area contributed by atoms with Crippen LogP contribution in [0.3, 0.4) is 0 Å². The van der Waals surface area contributed by atoms with Crippen LogP contribution in [0.2, 0.25) is 0 Å². The molecule has 2 fully saturated rings. The Kier molecular flexibility index (Phi) is 3.59. The van der Waals surface area contributed by atoms with Gasteiger partial charge in [-0.15, -0.1) is 0 Å². The van der Waals surface area contributed by atoms with E-state index in [0.29, 0.717) is 0 Å². The zero-order valence-electron chi connectivity index (χ0n) is 9.29. The van der Waals surface area contributed by atoms with Gasteiger partial charge in [-0.2, -0.15) is 0 Å². The van der Waals surface area contributed by atoms with Crippen molar-refractivity contribution in [2.24, 2.45) is 0 Å². The third-order valence-electron chi connectivity index (χ3n) is 3.46. The zero-order valence-corrected chi connectivity index (χ0v) is 9.29. The van der Waals surface area contributed by atoms with E-state index in [9.17, 15) is 4.79 Å². The molecule has 3 atom stereocenters.